The van der Waals surface area contributed by atoms with Gasteiger partial charge in [0.1, 0.15) is 0 Å². The molecule has 0 saturated carbocycles. The number of hydrogen-bond acceptors (Lipinski definition) is 3. The van der Waals surface area contributed by atoms with E-state index in [1.165, 1.54) is 6.07 Å². The number of rotatable bonds is 3. The average Bonchev–Trinajstić information content (AvgIpc) is 2.32. The minimum absolute atomic E-state index is 0.120. The van der Waals surface area contributed by atoms with Crippen molar-refractivity contribution in [2.24, 2.45) is 0 Å². The van der Waals surface area contributed by atoms with Gasteiger partial charge in [-0.05, 0) is 25.1 Å². The van der Waals surface area contributed by atoms with Gasteiger partial charge in [-0.2, -0.15) is 0 Å². The van der Waals surface area contributed by atoms with Gasteiger partial charge in [0.2, 0.25) is 11.4 Å². The van der Waals surface area contributed by atoms with Crippen molar-refractivity contribution in [3.8, 4) is 17.0 Å². The summed E-state index contributed by atoms with van der Waals surface area (Å²) in [7, 11) is 0. The van der Waals surface area contributed by atoms with Crippen molar-refractivity contribution in [2.45, 2.75) is 6.92 Å². The maximum Gasteiger partial charge on any atom is 0.247 e. The average molecular weight is 216 g/mol. The molecule has 0 aliphatic heterocycles. The van der Waals surface area contributed by atoms with Gasteiger partial charge >= 0.3 is 0 Å². The highest BCUT2D eigenvalue weighted by atomic mass is 16.5. The fourth-order valence-electron chi connectivity index (χ4n) is 1.44. The van der Waals surface area contributed by atoms with Crippen molar-refractivity contribution in [3.05, 3.63) is 47.0 Å². The first kappa shape index (κ1) is 10.4. The highest BCUT2D eigenvalue weighted by Crippen LogP contribution is 2.26. The van der Waals surface area contributed by atoms with Crippen LogP contribution in [0.4, 0.5) is 0 Å². The van der Waals surface area contributed by atoms with Crippen molar-refractivity contribution in [1.82, 2.24) is 9.97 Å². The van der Waals surface area contributed by atoms with Crippen LogP contribution in [0.15, 0.2) is 41.5 Å². The zero-order valence-corrected chi connectivity index (χ0v) is 8.93. The number of aromatic nitrogens is 2. The molecule has 4 heteroatoms. The second-order valence-corrected chi connectivity index (χ2v) is 3.23. The molecule has 0 unspecified atom stereocenters. The predicted molar refractivity (Wildman–Crippen MR) is 61.5 cm³/mol. The Morgan fingerprint density at radius 3 is 2.94 bits per heavy atom. The molecule has 0 saturated heterocycles. The Balaban J connectivity index is 2.46. The van der Waals surface area contributed by atoms with Crippen LogP contribution in [0.5, 0.6) is 5.88 Å². The van der Waals surface area contributed by atoms with Crippen LogP contribution in [-0.2, 0) is 0 Å². The molecule has 1 N–H and O–H groups in total. The Bertz CT molecular complexity index is 514. The first-order chi connectivity index (χ1) is 7.81. The van der Waals surface area contributed by atoms with Gasteiger partial charge in [-0.15, -0.1) is 0 Å². The van der Waals surface area contributed by atoms with Crippen LogP contribution >= 0.6 is 0 Å². The second kappa shape index (κ2) is 4.61. The first-order valence-corrected chi connectivity index (χ1v) is 5.08. The fraction of sp³-hybridized carbons (Fsp3) is 0.167. The molecule has 0 aliphatic carbocycles. The van der Waals surface area contributed by atoms with E-state index in [-0.39, 0.29) is 5.56 Å². The Hall–Kier alpha value is -2.10. The second-order valence-electron chi connectivity index (χ2n) is 3.23. The molecule has 0 aromatic carbocycles. The number of pyridine rings is 2. The number of hydrogen-bond donors (Lipinski definition) is 1. The zero-order chi connectivity index (χ0) is 11.4. The standard InChI is InChI=1S/C12H12N2O2/c1-2-16-12-10(4-3-7-13-12)9-5-6-11(15)14-8-9/h3-8H,2H2,1H3,(H,14,15). The summed E-state index contributed by atoms with van der Waals surface area (Å²) in [6, 6.07) is 6.98. The highest BCUT2D eigenvalue weighted by Gasteiger charge is 2.06. The van der Waals surface area contributed by atoms with Gasteiger partial charge in [0.05, 0.1) is 6.61 Å². The molecule has 82 valence electrons. The maximum atomic E-state index is 11.0. The lowest BCUT2D eigenvalue weighted by molar-refractivity contribution is 0.328. The third kappa shape index (κ3) is 2.11. The van der Waals surface area contributed by atoms with Crippen LogP contribution in [-0.4, -0.2) is 16.6 Å². The molecule has 0 radical (unpaired) electrons. The molecule has 2 aromatic rings. The van der Waals surface area contributed by atoms with Gasteiger partial charge in [-0.25, -0.2) is 4.98 Å². The summed E-state index contributed by atoms with van der Waals surface area (Å²) < 4.78 is 5.42. The monoisotopic (exact) mass is 216 g/mol. The fourth-order valence-corrected chi connectivity index (χ4v) is 1.44. The largest absolute Gasteiger partial charge is 0.478 e. The Labute approximate surface area is 92.9 Å². The summed E-state index contributed by atoms with van der Waals surface area (Å²) in [6.45, 7) is 2.47. The summed E-state index contributed by atoms with van der Waals surface area (Å²) in [5.74, 6) is 0.581. The van der Waals surface area contributed by atoms with Crippen molar-refractivity contribution >= 4 is 0 Å². The lowest BCUT2D eigenvalue weighted by atomic mass is 10.1. The summed E-state index contributed by atoms with van der Waals surface area (Å²) in [5, 5.41) is 0. The van der Waals surface area contributed by atoms with Crippen molar-refractivity contribution in [1.29, 1.82) is 0 Å². The molecule has 0 fully saturated rings. The molecule has 0 spiro atoms. The van der Waals surface area contributed by atoms with Gasteiger partial charge < -0.3 is 9.72 Å². The molecular formula is C12H12N2O2. The summed E-state index contributed by atoms with van der Waals surface area (Å²) in [4.78, 5) is 17.7. The lowest BCUT2D eigenvalue weighted by Crippen LogP contribution is -2.02. The first-order valence-electron chi connectivity index (χ1n) is 5.08. The van der Waals surface area contributed by atoms with E-state index in [0.29, 0.717) is 12.5 Å². The highest BCUT2D eigenvalue weighted by molar-refractivity contribution is 5.67. The van der Waals surface area contributed by atoms with Gasteiger partial charge in [0, 0.05) is 29.6 Å². The number of H-pyrrole nitrogens is 1. The maximum absolute atomic E-state index is 11.0. The normalized spacial score (nSPS) is 10.1. The molecule has 0 amide bonds. The van der Waals surface area contributed by atoms with Crippen LogP contribution < -0.4 is 10.3 Å². The minimum atomic E-state index is -0.120. The SMILES string of the molecule is CCOc1ncccc1-c1ccc(=O)[nH]c1. The van der Waals surface area contributed by atoms with Crippen molar-refractivity contribution in [3.63, 3.8) is 0 Å². The number of nitrogens with zero attached hydrogens (tertiary/aromatic N) is 1. The van der Waals surface area contributed by atoms with E-state index in [9.17, 15) is 4.79 Å². The van der Waals surface area contributed by atoms with E-state index >= 15 is 0 Å². The van der Waals surface area contributed by atoms with Crippen LogP contribution in [0.3, 0.4) is 0 Å². The van der Waals surface area contributed by atoms with Crippen LogP contribution in [0.25, 0.3) is 11.1 Å². The van der Waals surface area contributed by atoms with Crippen LogP contribution in [0.1, 0.15) is 6.92 Å². The smallest absolute Gasteiger partial charge is 0.247 e. The zero-order valence-electron chi connectivity index (χ0n) is 8.93. The van der Waals surface area contributed by atoms with Crippen molar-refractivity contribution in [2.75, 3.05) is 6.61 Å². The molecule has 4 nitrogen and oxygen atoms in total. The predicted octanol–water partition coefficient (Wildman–Crippen LogP) is 1.84. The molecule has 0 atom stereocenters. The molecule has 2 rings (SSSR count). The summed E-state index contributed by atoms with van der Waals surface area (Å²) >= 11 is 0. The van der Waals surface area contributed by atoms with Gasteiger partial charge in [-0.3, -0.25) is 4.79 Å². The van der Waals surface area contributed by atoms with Crippen LogP contribution in [0, 0.1) is 0 Å². The molecule has 16 heavy (non-hydrogen) atoms. The topological polar surface area (TPSA) is 55.0 Å². The number of nitrogens with one attached hydrogen (secondary N) is 1. The van der Waals surface area contributed by atoms with E-state index in [2.05, 4.69) is 9.97 Å². The molecule has 2 heterocycles. The molecular weight excluding hydrogens is 204 g/mol. The summed E-state index contributed by atoms with van der Waals surface area (Å²) in [6.07, 6.45) is 3.34. The van der Waals surface area contributed by atoms with Crippen LogP contribution in [0.2, 0.25) is 0 Å². The Morgan fingerprint density at radius 1 is 1.38 bits per heavy atom. The summed E-state index contributed by atoms with van der Waals surface area (Å²) in [5.41, 5.74) is 1.64. The third-order valence-corrected chi connectivity index (χ3v) is 2.15. The van der Waals surface area contributed by atoms with E-state index in [0.717, 1.165) is 11.1 Å². The van der Waals surface area contributed by atoms with Gasteiger partial charge in [0.25, 0.3) is 0 Å². The molecule has 0 aliphatic rings. The molecule has 0 bridgehead atoms. The Kier molecular flexibility index (Phi) is 3.00. The van der Waals surface area contributed by atoms with E-state index in [4.69, 9.17) is 4.74 Å². The van der Waals surface area contributed by atoms with Gasteiger partial charge in [-0.1, -0.05) is 0 Å². The third-order valence-electron chi connectivity index (χ3n) is 2.15. The Morgan fingerprint density at radius 2 is 2.25 bits per heavy atom. The minimum Gasteiger partial charge on any atom is -0.478 e. The van der Waals surface area contributed by atoms with E-state index in [1.54, 1.807) is 18.5 Å². The van der Waals surface area contributed by atoms with Gasteiger partial charge in [0.15, 0.2) is 0 Å². The lowest BCUT2D eigenvalue weighted by Gasteiger charge is -2.07. The molecule has 2 aromatic heterocycles. The number of ether oxygens (including phenoxy) is 1. The van der Waals surface area contributed by atoms with E-state index < -0.39 is 0 Å². The van der Waals surface area contributed by atoms with E-state index in [1.807, 2.05) is 19.1 Å². The van der Waals surface area contributed by atoms with Crippen molar-refractivity contribution < 1.29 is 4.74 Å². The quantitative estimate of drug-likeness (QED) is 0.851. The number of aromatic amines is 1.